The molecule has 0 unspecified atom stereocenters. The van der Waals surface area contributed by atoms with E-state index in [4.69, 9.17) is 11.6 Å². The molecule has 0 aliphatic rings. The zero-order valence-electron chi connectivity index (χ0n) is 12.0. The smallest absolute Gasteiger partial charge is 0.0455 e. The Kier molecular flexibility index (Phi) is 4.20. The summed E-state index contributed by atoms with van der Waals surface area (Å²) in [6, 6.07) is 8.23. The predicted octanol–water partition coefficient (Wildman–Crippen LogP) is 4.70. The van der Waals surface area contributed by atoms with E-state index in [0.29, 0.717) is 0 Å². The molecule has 1 aromatic heterocycles. The topological polar surface area (TPSA) is 17.0 Å². The Morgan fingerprint density at radius 3 is 2.58 bits per heavy atom. The van der Waals surface area contributed by atoms with E-state index in [1.54, 1.807) is 0 Å². The highest BCUT2D eigenvalue weighted by atomic mass is 35.5. The minimum Gasteiger partial charge on any atom is -0.381 e. The molecule has 0 radical (unpaired) electrons. The summed E-state index contributed by atoms with van der Waals surface area (Å²) in [7, 11) is 0. The predicted molar refractivity (Wildman–Crippen MR) is 83.1 cm³/mol. The van der Waals surface area contributed by atoms with Crippen LogP contribution in [0.4, 0.5) is 5.69 Å². The summed E-state index contributed by atoms with van der Waals surface area (Å²) in [4.78, 5) is 0. The maximum atomic E-state index is 6.13. The van der Waals surface area contributed by atoms with Gasteiger partial charge in [-0.05, 0) is 57.0 Å². The first-order chi connectivity index (χ1) is 9.04. The molecule has 0 saturated carbocycles. The Hall–Kier alpha value is -1.41. The van der Waals surface area contributed by atoms with Crippen molar-refractivity contribution in [2.24, 2.45) is 0 Å². The molecule has 0 bridgehead atoms. The van der Waals surface area contributed by atoms with Crippen LogP contribution in [0.25, 0.3) is 0 Å². The average molecular weight is 277 g/mol. The van der Waals surface area contributed by atoms with Crippen LogP contribution in [0, 0.1) is 20.8 Å². The molecule has 2 aromatic rings. The van der Waals surface area contributed by atoms with E-state index in [0.717, 1.165) is 29.4 Å². The Labute approximate surface area is 120 Å². The molecular formula is C16H21ClN2. The molecule has 0 saturated heterocycles. The normalized spacial score (nSPS) is 10.8. The molecule has 0 aliphatic carbocycles. The summed E-state index contributed by atoms with van der Waals surface area (Å²) in [5.74, 6) is 0. The molecule has 2 nitrogen and oxygen atoms in total. The minimum absolute atomic E-state index is 0.809. The van der Waals surface area contributed by atoms with E-state index < -0.39 is 0 Å². The Bertz CT molecular complexity index is 585. The Balaban J connectivity index is 2.17. The lowest BCUT2D eigenvalue weighted by atomic mass is 10.2. The molecular weight excluding hydrogens is 256 g/mol. The molecule has 19 heavy (non-hydrogen) atoms. The highest BCUT2D eigenvalue weighted by Gasteiger charge is 2.08. The van der Waals surface area contributed by atoms with Crippen molar-refractivity contribution in [1.82, 2.24) is 4.57 Å². The first kappa shape index (κ1) is 14.0. The maximum Gasteiger partial charge on any atom is 0.0455 e. The standard InChI is InChI=1S/C16H21ClN2/c1-5-19-11(2)9-14(13(19)4)10-18-16-8-6-7-15(17)12(16)3/h6-9,18H,5,10H2,1-4H3. The summed E-state index contributed by atoms with van der Waals surface area (Å²) in [6.07, 6.45) is 0. The van der Waals surface area contributed by atoms with Gasteiger partial charge in [-0.25, -0.2) is 0 Å². The molecule has 0 atom stereocenters. The molecule has 0 amide bonds. The average Bonchev–Trinajstić information content (AvgIpc) is 2.66. The van der Waals surface area contributed by atoms with Crippen LogP contribution < -0.4 is 5.32 Å². The number of rotatable bonds is 4. The second-order valence-electron chi connectivity index (χ2n) is 4.91. The van der Waals surface area contributed by atoms with Gasteiger partial charge < -0.3 is 9.88 Å². The van der Waals surface area contributed by atoms with Gasteiger partial charge >= 0.3 is 0 Å². The Morgan fingerprint density at radius 2 is 1.95 bits per heavy atom. The van der Waals surface area contributed by atoms with E-state index in [2.05, 4.69) is 42.8 Å². The van der Waals surface area contributed by atoms with Crippen LogP contribution in [-0.2, 0) is 13.1 Å². The molecule has 1 aromatic carbocycles. The molecule has 2 rings (SSSR count). The van der Waals surface area contributed by atoms with Crippen LogP contribution in [0.2, 0.25) is 5.02 Å². The number of aromatic nitrogens is 1. The number of nitrogens with one attached hydrogen (secondary N) is 1. The van der Waals surface area contributed by atoms with Gasteiger partial charge in [0, 0.05) is 35.2 Å². The van der Waals surface area contributed by atoms with E-state index >= 15 is 0 Å². The lowest BCUT2D eigenvalue weighted by Gasteiger charge is -2.11. The van der Waals surface area contributed by atoms with Crippen molar-refractivity contribution >= 4 is 17.3 Å². The highest BCUT2D eigenvalue weighted by Crippen LogP contribution is 2.24. The van der Waals surface area contributed by atoms with Crippen LogP contribution >= 0.6 is 11.6 Å². The summed E-state index contributed by atoms with van der Waals surface area (Å²) < 4.78 is 2.34. The first-order valence-corrected chi connectivity index (χ1v) is 7.07. The Morgan fingerprint density at radius 1 is 1.21 bits per heavy atom. The van der Waals surface area contributed by atoms with E-state index in [9.17, 15) is 0 Å². The number of aryl methyl sites for hydroxylation is 1. The third kappa shape index (κ3) is 2.79. The van der Waals surface area contributed by atoms with E-state index in [1.807, 2.05) is 19.1 Å². The van der Waals surface area contributed by atoms with Gasteiger partial charge in [-0.15, -0.1) is 0 Å². The third-order valence-corrected chi connectivity index (χ3v) is 4.14. The summed E-state index contributed by atoms with van der Waals surface area (Å²) in [6.45, 7) is 10.4. The minimum atomic E-state index is 0.809. The van der Waals surface area contributed by atoms with Gasteiger partial charge in [0.15, 0.2) is 0 Å². The van der Waals surface area contributed by atoms with E-state index in [1.165, 1.54) is 17.0 Å². The molecule has 3 heteroatoms. The summed E-state index contributed by atoms with van der Waals surface area (Å²) in [5, 5.41) is 4.29. The van der Waals surface area contributed by atoms with Crippen molar-refractivity contribution in [2.75, 3.05) is 5.32 Å². The number of benzene rings is 1. The van der Waals surface area contributed by atoms with Gasteiger partial charge in [0.25, 0.3) is 0 Å². The number of anilines is 1. The zero-order valence-corrected chi connectivity index (χ0v) is 12.8. The van der Waals surface area contributed by atoms with Crippen molar-refractivity contribution < 1.29 is 0 Å². The van der Waals surface area contributed by atoms with Crippen LogP contribution in [0.3, 0.4) is 0 Å². The van der Waals surface area contributed by atoms with Crippen molar-refractivity contribution in [2.45, 2.75) is 40.8 Å². The number of halogens is 1. The van der Waals surface area contributed by atoms with Crippen molar-refractivity contribution in [1.29, 1.82) is 0 Å². The third-order valence-electron chi connectivity index (χ3n) is 3.73. The first-order valence-electron chi connectivity index (χ1n) is 6.69. The summed E-state index contributed by atoms with van der Waals surface area (Å²) >= 11 is 6.13. The van der Waals surface area contributed by atoms with Crippen molar-refractivity contribution in [3.63, 3.8) is 0 Å². The van der Waals surface area contributed by atoms with Crippen LogP contribution in [0.1, 0.15) is 29.4 Å². The van der Waals surface area contributed by atoms with Crippen molar-refractivity contribution in [3.05, 3.63) is 51.8 Å². The maximum absolute atomic E-state index is 6.13. The summed E-state index contributed by atoms with van der Waals surface area (Å²) in [5.41, 5.74) is 6.22. The van der Waals surface area contributed by atoms with Gasteiger partial charge in [-0.2, -0.15) is 0 Å². The van der Waals surface area contributed by atoms with E-state index in [-0.39, 0.29) is 0 Å². The molecule has 0 fully saturated rings. The second kappa shape index (κ2) is 5.70. The number of hydrogen-bond acceptors (Lipinski definition) is 1. The van der Waals surface area contributed by atoms with Gasteiger partial charge in [-0.3, -0.25) is 0 Å². The highest BCUT2D eigenvalue weighted by molar-refractivity contribution is 6.31. The monoisotopic (exact) mass is 276 g/mol. The second-order valence-corrected chi connectivity index (χ2v) is 5.31. The van der Waals surface area contributed by atoms with Crippen LogP contribution in [0.15, 0.2) is 24.3 Å². The fourth-order valence-electron chi connectivity index (χ4n) is 2.53. The van der Waals surface area contributed by atoms with Crippen LogP contribution in [-0.4, -0.2) is 4.57 Å². The van der Waals surface area contributed by atoms with Crippen LogP contribution in [0.5, 0.6) is 0 Å². The molecule has 0 spiro atoms. The van der Waals surface area contributed by atoms with Gasteiger partial charge in [0.1, 0.15) is 0 Å². The number of hydrogen-bond donors (Lipinski definition) is 1. The lowest BCUT2D eigenvalue weighted by molar-refractivity contribution is 0.715. The van der Waals surface area contributed by atoms with Gasteiger partial charge in [0.05, 0.1) is 0 Å². The lowest BCUT2D eigenvalue weighted by Crippen LogP contribution is -2.04. The fourth-order valence-corrected chi connectivity index (χ4v) is 2.70. The zero-order chi connectivity index (χ0) is 14.0. The van der Waals surface area contributed by atoms with Crippen molar-refractivity contribution in [3.8, 4) is 0 Å². The number of nitrogens with zero attached hydrogens (tertiary/aromatic N) is 1. The SMILES string of the molecule is CCn1c(C)cc(CNc2cccc(Cl)c2C)c1C. The molecule has 0 aliphatic heterocycles. The van der Waals surface area contributed by atoms with Gasteiger partial charge in [-0.1, -0.05) is 17.7 Å². The quantitative estimate of drug-likeness (QED) is 0.857. The molecule has 1 N–H and O–H groups in total. The largest absolute Gasteiger partial charge is 0.381 e. The molecule has 1 heterocycles. The van der Waals surface area contributed by atoms with Gasteiger partial charge in [0.2, 0.25) is 0 Å². The fraction of sp³-hybridized carbons (Fsp3) is 0.375. The molecule has 102 valence electrons.